The average Bonchev–Trinajstić information content (AvgIpc) is 3.15. The first kappa shape index (κ1) is 17.4. The van der Waals surface area contributed by atoms with E-state index in [0.29, 0.717) is 45.3 Å². The van der Waals surface area contributed by atoms with Crippen LogP contribution in [0.25, 0.3) is 0 Å². The SMILES string of the molecule is NCC1(C(=O)Nc2ccc(COC3CCCC3)cc2)CCOCC1. The summed E-state index contributed by atoms with van der Waals surface area (Å²) in [7, 11) is 0. The van der Waals surface area contributed by atoms with Crippen LogP contribution in [0, 0.1) is 5.41 Å². The van der Waals surface area contributed by atoms with Gasteiger partial charge in [-0.2, -0.15) is 0 Å². The van der Waals surface area contributed by atoms with Crippen LogP contribution >= 0.6 is 0 Å². The first-order chi connectivity index (χ1) is 11.7. The number of hydrogen-bond acceptors (Lipinski definition) is 4. The fourth-order valence-electron chi connectivity index (χ4n) is 3.50. The fourth-order valence-corrected chi connectivity index (χ4v) is 3.50. The van der Waals surface area contributed by atoms with Gasteiger partial charge in [0.2, 0.25) is 5.91 Å². The molecule has 1 amide bonds. The van der Waals surface area contributed by atoms with Crippen molar-refractivity contribution in [1.82, 2.24) is 0 Å². The molecule has 2 aliphatic rings. The molecule has 0 atom stereocenters. The number of carbonyl (C=O) groups excluding carboxylic acids is 1. The molecule has 1 saturated heterocycles. The minimum Gasteiger partial charge on any atom is -0.381 e. The minimum atomic E-state index is -0.498. The van der Waals surface area contributed by atoms with Gasteiger partial charge in [0.1, 0.15) is 0 Å². The van der Waals surface area contributed by atoms with Crippen LogP contribution in [-0.2, 0) is 20.9 Å². The molecule has 0 spiro atoms. The van der Waals surface area contributed by atoms with Crippen molar-refractivity contribution in [2.45, 2.75) is 51.2 Å². The summed E-state index contributed by atoms with van der Waals surface area (Å²) in [5.41, 5.74) is 7.33. The molecule has 132 valence electrons. The number of ether oxygens (including phenoxy) is 2. The molecule has 0 bridgehead atoms. The highest BCUT2D eigenvalue weighted by molar-refractivity contribution is 5.95. The molecule has 24 heavy (non-hydrogen) atoms. The van der Waals surface area contributed by atoms with E-state index in [-0.39, 0.29) is 5.91 Å². The zero-order valence-electron chi connectivity index (χ0n) is 14.3. The lowest BCUT2D eigenvalue weighted by Gasteiger charge is -2.34. The third kappa shape index (κ3) is 4.15. The van der Waals surface area contributed by atoms with Gasteiger partial charge in [-0.15, -0.1) is 0 Å². The lowest BCUT2D eigenvalue weighted by atomic mass is 9.79. The number of nitrogens with two attached hydrogens (primary N) is 1. The van der Waals surface area contributed by atoms with Crippen molar-refractivity contribution in [3.8, 4) is 0 Å². The molecule has 0 unspecified atom stereocenters. The van der Waals surface area contributed by atoms with E-state index in [9.17, 15) is 4.79 Å². The van der Waals surface area contributed by atoms with Gasteiger partial charge in [-0.3, -0.25) is 4.79 Å². The molecule has 0 radical (unpaired) electrons. The van der Waals surface area contributed by atoms with Gasteiger partial charge in [-0.1, -0.05) is 25.0 Å². The Kier molecular flexibility index (Phi) is 5.87. The van der Waals surface area contributed by atoms with E-state index in [1.54, 1.807) is 0 Å². The van der Waals surface area contributed by atoms with E-state index in [2.05, 4.69) is 5.32 Å². The molecule has 0 aromatic heterocycles. The maximum Gasteiger partial charge on any atom is 0.232 e. The molecule has 1 aromatic rings. The number of benzene rings is 1. The standard InChI is InChI=1S/C19H28N2O3/c20-14-19(9-11-23-12-10-19)18(22)21-16-7-5-15(6-8-16)13-24-17-3-1-2-4-17/h5-8,17H,1-4,9-14,20H2,(H,21,22). The minimum absolute atomic E-state index is 0.00301. The predicted octanol–water partition coefficient (Wildman–Crippen LogP) is 2.84. The third-order valence-electron chi connectivity index (χ3n) is 5.32. The normalized spacial score (nSPS) is 20.9. The van der Waals surface area contributed by atoms with Crippen LogP contribution in [0.4, 0.5) is 5.69 Å². The maximum absolute atomic E-state index is 12.6. The van der Waals surface area contributed by atoms with Gasteiger partial charge < -0.3 is 20.5 Å². The van der Waals surface area contributed by atoms with E-state index in [1.165, 1.54) is 25.7 Å². The van der Waals surface area contributed by atoms with E-state index in [0.717, 1.165) is 11.3 Å². The first-order valence-electron chi connectivity index (χ1n) is 9.02. The Morgan fingerprint density at radius 2 is 1.88 bits per heavy atom. The summed E-state index contributed by atoms with van der Waals surface area (Å²) in [6.07, 6.45) is 6.71. The van der Waals surface area contributed by atoms with Crippen LogP contribution in [0.5, 0.6) is 0 Å². The Labute approximate surface area is 143 Å². The first-order valence-corrected chi connectivity index (χ1v) is 9.02. The lowest BCUT2D eigenvalue weighted by molar-refractivity contribution is -0.130. The molecule has 1 aliphatic heterocycles. The van der Waals surface area contributed by atoms with E-state index in [4.69, 9.17) is 15.2 Å². The Morgan fingerprint density at radius 3 is 2.50 bits per heavy atom. The Hall–Kier alpha value is -1.43. The zero-order chi connectivity index (χ0) is 16.8. The van der Waals surface area contributed by atoms with Crippen LogP contribution in [-0.4, -0.2) is 31.8 Å². The topological polar surface area (TPSA) is 73.6 Å². The summed E-state index contributed by atoms with van der Waals surface area (Å²) in [4.78, 5) is 12.6. The molecule has 1 heterocycles. The van der Waals surface area contributed by atoms with Crippen LogP contribution < -0.4 is 11.1 Å². The van der Waals surface area contributed by atoms with Crippen molar-refractivity contribution in [3.63, 3.8) is 0 Å². The second kappa shape index (κ2) is 8.10. The van der Waals surface area contributed by atoms with Gasteiger partial charge in [0.15, 0.2) is 0 Å². The molecule has 1 aliphatic carbocycles. The van der Waals surface area contributed by atoms with Gasteiger partial charge in [-0.25, -0.2) is 0 Å². The Bertz CT molecular complexity index is 532. The number of nitrogens with one attached hydrogen (secondary N) is 1. The van der Waals surface area contributed by atoms with Crippen LogP contribution in [0.15, 0.2) is 24.3 Å². The molecule has 5 nitrogen and oxygen atoms in total. The smallest absolute Gasteiger partial charge is 0.232 e. The Balaban J connectivity index is 1.54. The van der Waals surface area contributed by atoms with Crippen molar-refractivity contribution >= 4 is 11.6 Å². The zero-order valence-corrected chi connectivity index (χ0v) is 14.3. The number of carbonyl (C=O) groups is 1. The number of hydrogen-bond donors (Lipinski definition) is 2. The highest BCUT2D eigenvalue weighted by Crippen LogP contribution is 2.31. The summed E-state index contributed by atoms with van der Waals surface area (Å²) < 4.78 is 11.3. The number of amides is 1. The van der Waals surface area contributed by atoms with Crippen molar-refractivity contribution in [1.29, 1.82) is 0 Å². The molecular weight excluding hydrogens is 304 g/mol. The monoisotopic (exact) mass is 332 g/mol. The molecule has 1 aromatic carbocycles. The van der Waals surface area contributed by atoms with E-state index in [1.807, 2.05) is 24.3 Å². The average molecular weight is 332 g/mol. The van der Waals surface area contributed by atoms with E-state index < -0.39 is 5.41 Å². The third-order valence-corrected chi connectivity index (χ3v) is 5.32. The van der Waals surface area contributed by atoms with E-state index >= 15 is 0 Å². The van der Waals surface area contributed by atoms with Gasteiger partial charge in [0.25, 0.3) is 0 Å². The lowest BCUT2D eigenvalue weighted by Crippen LogP contribution is -2.46. The molecule has 3 N–H and O–H groups in total. The summed E-state index contributed by atoms with van der Waals surface area (Å²) in [5, 5.41) is 3.01. The van der Waals surface area contributed by atoms with Crippen LogP contribution in [0.1, 0.15) is 44.1 Å². The van der Waals surface area contributed by atoms with Gasteiger partial charge in [0, 0.05) is 25.4 Å². The summed E-state index contributed by atoms with van der Waals surface area (Å²) in [5.74, 6) is 0.00301. The van der Waals surface area contributed by atoms with Gasteiger partial charge >= 0.3 is 0 Å². The quantitative estimate of drug-likeness (QED) is 0.840. The van der Waals surface area contributed by atoms with Crippen LogP contribution in [0.2, 0.25) is 0 Å². The fraction of sp³-hybridized carbons (Fsp3) is 0.632. The maximum atomic E-state index is 12.6. The predicted molar refractivity (Wildman–Crippen MR) is 93.7 cm³/mol. The summed E-state index contributed by atoms with van der Waals surface area (Å²) in [6.45, 7) is 2.20. The molecular formula is C19H28N2O3. The van der Waals surface area contributed by atoms with Gasteiger partial charge in [0.05, 0.1) is 18.1 Å². The summed E-state index contributed by atoms with van der Waals surface area (Å²) >= 11 is 0. The Morgan fingerprint density at radius 1 is 1.21 bits per heavy atom. The molecule has 5 heteroatoms. The number of anilines is 1. The summed E-state index contributed by atoms with van der Waals surface area (Å²) in [6, 6.07) is 7.91. The van der Waals surface area contributed by atoms with Gasteiger partial charge in [-0.05, 0) is 43.4 Å². The molecule has 2 fully saturated rings. The van der Waals surface area contributed by atoms with Crippen molar-refractivity contribution in [3.05, 3.63) is 29.8 Å². The highest BCUT2D eigenvalue weighted by atomic mass is 16.5. The second-order valence-electron chi connectivity index (χ2n) is 6.97. The highest BCUT2D eigenvalue weighted by Gasteiger charge is 2.38. The van der Waals surface area contributed by atoms with Crippen molar-refractivity contribution in [2.24, 2.45) is 11.1 Å². The van der Waals surface area contributed by atoms with Crippen molar-refractivity contribution < 1.29 is 14.3 Å². The molecule has 3 rings (SSSR count). The van der Waals surface area contributed by atoms with Crippen molar-refractivity contribution in [2.75, 3.05) is 25.1 Å². The number of rotatable bonds is 6. The largest absolute Gasteiger partial charge is 0.381 e. The molecule has 1 saturated carbocycles. The van der Waals surface area contributed by atoms with Crippen LogP contribution in [0.3, 0.4) is 0 Å². The second-order valence-corrected chi connectivity index (χ2v) is 6.97.